The number of hydrogen-bond donors (Lipinski definition) is 1. The molecule has 0 bridgehead atoms. The van der Waals surface area contributed by atoms with Crippen LogP contribution in [-0.4, -0.2) is 38.4 Å². The summed E-state index contributed by atoms with van der Waals surface area (Å²) in [6.45, 7) is 1.48. The molecule has 0 aliphatic heterocycles. The summed E-state index contributed by atoms with van der Waals surface area (Å²) in [5.41, 5.74) is 1.83. The number of thiophene rings is 1. The molecule has 1 N–H and O–H groups in total. The second kappa shape index (κ2) is 8.68. The number of aromatic amines is 1. The number of nitrogens with zero attached hydrogens (tertiary/aromatic N) is 4. The van der Waals surface area contributed by atoms with E-state index in [2.05, 4.69) is 20.2 Å². The molecule has 0 aliphatic rings. The van der Waals surface area contributed by atoms with Crippen molar-refractivity contribution in [1.82, 2.24) is 24.7 Å². The lowest BCUT2D eigenvalue weighted by Gasteiger charge is -2.06. The number of aromatic nitrogens is 5. The summed E-state index contributed by atoms with van der Waals surface area (Å²) in [4.78, 5) is 21.0. The molecule has 0 saturated carbocycles. The number of nitrogens with one attached hydrogen (secondary N) is 1. The van der Waals surface area contributed by atoms with Crippen LogP contribution < -0.4 is 5.56 Å². The monoisotopic (exact) mass is 413 g/mol. The SMILES string of the molecule is COCCCn1cnnc1SCc1nc2scc(-c3ccccc3)c2c(=O)[nH]1. The molecule has 0 spiro atoms. The average Bonchev–Trinajstić information content (AvgIpc) is 3.34. The number of H-pyrrole nitrogens is 1. The van der Waals surface area contributed by atoms with Gasteiger partial charge in [-0.3, -0.25) is 4.79 Å². The molecule has 3 aromatic heterocycles. The van der Waals surface area contributed by atoms with Crippen molar-refractivity contribution in [3.63, 3.8) is 0 Å². The summed E-state index contributed by atoms with van der Waals surface area (Å²) in [6.07, 6.45) is 2.60. The Kier molecular flexibility index (Phi) is 5.84. The van der Waals surface area contributed by atoms with Gasteiger partial charge in [-0.1, -0.05) is 42.1 Å². The smallest absolute Gasteiger partial charge is 0.260 e. The van der Waals surface area contributed by atoms with Gasteiger partial charge in [0.2, 0.25) is 0 Å². The summed E-state index contributed by atoms with van der Waals surface area (Å²) >= 11 is 3.00. The number of thioether (sulfide) groups is 1. The average molecular weight is 414 g/mol. The van der Waals surface area contributed by atoms with Crippen LogP contribution in [0.15, 0.2) is 52.0 Å². The van der Waals surface area contributed by atoms with E-state index in [-0.39, 0.29) is 5.56 Å². The number of aryl methyl sites for hydroxylation is 1. The second-order valence-electron chi connectivity index (χ2n) is 6.15. The maximum absolute atomic E-state index is 12.7. The Morgan fingerprint density at radius 3 is 2.96 bits per heavy atom. The lowest BCUT2D eigenvalue weighted by Crippen LogP contribution is -2.11. The molecule has 0 fully saturated rings. The molecule has 1 aromatic carbocycles. The molecule has 4 aromatic rings. The summed E-state index contributed by atoms with van der Waals surface area (Å²) in [7, 11) is 1.69. The quantitative estimate of drug-likeness (QED) is 0.351. The van der Waals surface area contributed by atoms with Crippen LogP contribution in [0.5, 0.6) is 0 Å². The van der Waals surface area contributed by atoms with Crippen molar-refractivity contribution >= 4 is 33.3 Å². The lowest BCUT2D eigenvalue weighted by atomic mass is 10.1. The summed E-state index contributed by atoms with van der Waals surface area (Å²) < 4.78 is 7.07. The van der Waals surface area contributed by atoms with Crippen molar-refractivity contribution in [2.24, 2.45) is 0 Å². The van der Waals surface area contributed by atoms with E-state index in [1.165, 1.54) is 23.1 Å². The van der Waals surface area contributed by atoms with Crippen molar-refractivity contribution in [3.05, 3.63) is 58.2 Å². The Labute approximate surface area is 169 Å². The predicted octanol–water partition coefficient (Wildman–Crippen LogP) is 3.57. The van der Waals surface area contributed by atoms with Crippen LogP contribution in [0.4, 0.5) is 0 Å². The highest BCUT2D eigenvalue weighted by Gasteiger charge is 2.14. The number of benzene rings is 1. The van der Waals surface area contributed by atoms with Gasteiger partial charge in [0.1, 0.15) is 17.0 Å². The number of ether oxygens (including phenoxy) is 1. The Bertz CT molecular complexity index is 1120. The first kappa shape index (κ1) is 18.9. The molecular weight excluding hydrogens is 394 g/mol. The van der Waals surface area contributed by atoms with E-state index >= 15 is 0 Å². The van der Waals surface area contributed by atoms with Crippen LogP contribution in [0, 0.1) is 0 Å². The van der Waals surface area contributed by atoms with Gasteiger partial charge >= 0.3 is 0 Å². The normalized spacial score (nSPS) is 11.3. The maximum atomic E-state index is 12.7. The number of hydrogen-bond acceptors (Lipinski definition) is 7. The van der Waals surface area contributed by atoms with Crippen molar-refractivity contribution < 1.29 is 4.74 Å². The van der Waals surface area contributed by atoms with E-state index in [1.807, 2.05) is 40.3 Å². The molecule has 0 radical (unpaired) electrons. The third-order valence-electron chi connectivity index (χ3n) is 4.24. The van der Waals surface area contributed by atoms with Gasteiger partial charge in [-0.05, 0) is 12.0 Å². The minimum Gasteiger partial charge on any atom is -0.385 e. The summed E-state index contributed by atoms with van der Waals surface area (Å²) in [5, 5.41) is 11.6. The van der Waals surface area contributed by atoms with E-state index in [0.717, 1.165) is 34.1 Å². The Morgan fingerprint density at radius 1 is 1.29 bits per heavy atom. The first-order valence-corrected chi connectivity index (χ1v) is 10.7. The molecule has 144 valence electrons. The lowest BCUT2D eigenvalue weighted by molar-refractivity contribution is 0.189. The van der Waals surface area contributed by atoms with Crippen molar-refractivity contribution in [2.45, 2.75) is 23.9 Å². The number of fused-ring (bicyclic) bond motifs is 1. The van der Waals surface area contributed by atoms with E-state index in [0.29, 0.717) is 23.6 Å². The van der Waals surface area contributed by atoms with Crippen molar-refractivity contribution in [2.75, 3.05) is 13.7 Å². The van der Waals surface area contributed by atoms with Gasteiger partial charge in [0, 0.05) is 31.2 Å². The molecule has 9 heteroatoms. The molecule has 3 heterocycles. The highest BCUT2D eigenvalue weighted by molar-refractivity contribution is 7.98. The van der Waals surface area contributed by atoms with Gasteiger partial charge in [0.25, 0.3) is 5.56 Å². The zero-order valence-corrected chi connectivity index (χ0v) is 16.9. The highest BCUT2D eigenvalue weighted by atomic mass is 32.2. The van der Waals surface area contributed by atoms with Crippen LogP contribution in [0.2, 0.25) is 0 Å². The second-order valence-corrected chi connectivity index (χ2v) is 7.95. The maximum Gasteiger partial charge on any atom is 0.260 e. The van der Waals surface area contributed by atoms with Gasteiger partial charge in [0.05, 0.1) is 11.1 Å². The Hall–Kier alpha value is -2.49. The van der Waals surface area contributed by atoms with Gasteiger partial charge < -0.3 is 14.3 Å². The number of methoxy groups -OCH3 is 1. The third-order valence-corrected chi connectivity index (χ3v) is 6.11. The van der Waals surface area contributed by atoms with Gasteiger partial charge in [0.15, 0.2) is 5.16 Å². The van der Waals surface area contributed by atoms with Gasteiger partial charge in [-0.15, -0.1) is 21.5 Å². The molecule has 0 atom stereocenters. The fraction of sp³-hybridized carbons (Fsp3) is 0.263. The molecule has 0 saturated heterocycles. The molecule has 0 amide bonds. The van der Waals surface area contributed by atoms with E-state index < -0.39 is 0 Å². The van der Waals surface area contributed by atoms with E-state index in [9.17, 15) is 4.79 Å². The fourth-order valence-corrected chi connectivity index (χ4v) is 4.69. The number of rotatable bonds is 8. The van der Waals surface area contributed by atoms with Crippen LogP contribution in [0.3, 0.4) is 0 Å². The van der Waals surface area contributed by atoms with Crippen LogP contribution in [-0.2, 0) is 17.0 Å². The molecular formula is C19H19N5O2S2. The first-order valence-electron chi connectivity index (χ1n) is 8.81. The van der Waals surface area contributed by atoms with E-state index in [4.69, 9.17) is 4.74 Å². The predicted molar refractivity (Wildman–Crippen MR) is 112 cm³/mol. The Morgan fingerprint density at radius 2 is 2.14 bits per heavy atom. The minimum absolute atomic E-state index is 0.109. The Balaban J connectivity index is 1.54. The summed E-state index contributed by atoms with van der Waals surface area (Å²) in [5.74, 6) is 1.16. The topological polar surface area (TPSA) is 85.7 Å². The summed E-state index contributed by atoms with van der Waals surface area (Å²) in [6, 6.07) is 9.90. The molecule has 4 rings (SSSR count). The van der Waals surface area contributed by atoms with Crippen LogP contribution in [0.1, 0.15) is 12.2 Å². The van der Waals surface area contributed by atoms with E-state index in [1.54, 1.807) is 13.4 Å². The fourth-order valence-electron chi connectivity index (χ4n) is 2.91. The van der Waals surface area contributed by atoms with Gasteiger partial charge in [-0.25, -0.2) is 4.98 Å². The first-order chi connectivity index (χ1) is 13.8. The standard InChI is InChI=1S/C19H19N5O2S2/c1-26-9-5-8-24-12-20-23-19(24)28-11-15-21-17(25)16-14(10-27-18(16)22-15)13-6-3-2-4-7-13/h2-4,6-7,10,12H,5,8-9,11H2,1H3,(H,21,22,25). The van der Waals surface area contributed by atoms with Crippen LogP contribution >= 0.6 is 23.1 Å². The highest BCUT2D eigenvalue weighted by Crippen LogP contribution is 2.31. The van der Waals surface area contributed by atoms with Gasteiger partial charge in [-0.2, -0.15) is 0 Å². The molecule has 0 aliphatic carbocycles. The minimum atomic E-state index is -0.109. The van der Waals surface area contributed by atoms with Crippen molar-refractivity contribution in [3.8, 4) is 11.1 Å². The third kappa shape index (κ3) is 4.01. The molecule has 28 heavy (non-hydrogen) atoms. The molecule has 0 unspecified atom stereocenters. The zero-order valence-electron chi connectivity index (χ0n) is 15.3. The zero-order chi connectivity index (χ0) is 19.3. The van der Waals surface area contributed by atoms with Crippen LogP contribution in [0.25, 0.3) is 21.3 Å². The largest absolute Gasteiger partial charge is 0.385 e. The van der Waals surface area contributed by atoms with Crippen molar-refractivity contribution in [1.29, 1.82) is 0 Å². The molecule has 7 nitrogen and oxygen atoms in total.